The number of halogens is 2. The lowest BCUT2D eigenvalue weighted by molar-refractivity contribution is 0.104. The van der Waals surface area contributed by atoms with Crippen molar-refractivity contribution in [3.63, 3.8) is 0 Å². The van der Waals surface area contributed by atoms with Crippen LogP contribution in [0.2, 0.25) is 10.0 Å². The van der Waals surface area contributed by atoms with Gasteiger partial charge in [-0.1, -0.05) is 53.5 Å². The molecule has 0 unspecified atom stereocenters. The van der Waals surface area contributed by atoms with Gasteiger partial charge in [-0.3, -0.25) is 4.79 Å². The molecule has 3 rings (SSSR count). The minimum Gasteiger partial charge on any atom is -0.375 e. The molecule has 4 nitrogen and oxygen atoms in total. The molecule has 0 radical (unpaired) electrons. The lowest BCUT2D eigenvalue weighted by Crippen LogP contribution is -2.13. The van der Waals surface area contributed by atoms with Gasteiger partial charge in [-0.15, -0.1) is 0 Å². The third kappa shape index (κ3) is 3.98. The van der Waals surface area contributed by atoms with E-state index in [0.717, 1.165) is 11.3 Å². The zero-order valence-corrected chi connectivity index (χ0v) is 15.8. The van der Waals surface area contributed by atoms with E-state index in [-0.39, 0.29) is 5.78 Å². The summed E-state index contributed by atoms with van der Waals surface area (Å²) in [6, 6.07) is 14.7. The highest BCUT2D eigenvalue weighted by Gasteiger charge is 2.15. The number of imidazole rings is 1. The summed E-state index contributed by atoms with van der Waals surface area (Å²) in [5.41, 5.74) is 2.86. The van der Waals surface area contributed by atoms with E-state index in [4.69, 9.17) is 23.2 Å². The number of allylic oxidation sites excluding steroid dienone is 1. The van der Waals surface area contributed by atoms with Crippen LogP contribution in [-0.4, -0.2) is 34.7 Å². The largest absolute Gasteiger partial charge is 0.375 e. The maximum Gasteiger partial charge on any atom is 0.189 e. The first-order valence-corrected chi connectivity index (χ1v) is 8.71. The molecule has 1 aromatic heterocycles. The number of H-pyrrole nitrogens is 1. The van der Waals surface area contributed by atoms with E-state index in [1.807, 2.05) is 55.5 Å². The third-order valence-electron chi connectivity index (χ3n) is 3.84. The summed E-state index contributed by atoms with van der Waals surface area (Å²) in [6.45, 7) is 0. The number of hydrogen-bond acceptors (Lipinski definition) is 3. The van der Waals surface area contributed by atoms with Crippen LogP contribution in [0.1, 0.15) is 16.2 Å². The van der Waals surface area contributed by atoms with Gasteiger partial charge >= 0.3 is 0 Å². The van der Waals surface area contributed by atoms with Gasteiger partial charge in [0.2, 0.25) is 0 Å². The maximum atomic E-state index is 12.7. The number of nitrogens with one attached hydrogen (secondary N) is 1. The van der Waals surface area contributed by atoms with Crippen LogP contribution in [0.4, 0.5) is 0 Å². The second-order valence-electron chi connectivity index (χ2n) is 5.91. The monoisotopic (exact) mass is 385 g/mol. The van der Waals surface area contributed by atoms with Gasteiger partial charge < -0.3 is 9.88 Å². The Bertz CT molecular complexity index is 962. The molecular weight excluding hydrogens is 369 g/mol. The molecule has 1 N–H and O–H groups in total. The number of aromatic nitrogens is 2. The molecule has 26 heavy (non-hydrogen) atoms. The first-order chi connectivity index (χ1) is 12.5. The van der Waals surface area contributed by atoms with Crippen LogP contribution < -0.4 is 0 Å². The van der Waals surface area contributed by atoms with Crippen LogP contribution in [-0.2, 0) is 0 Å². The lowest BCUT2D eigenvalue weighted by Gasteiger charge is -2.15. The molecule has 0 saturated heterocycles. The van der Waals surface area contributed by atoms with Crippen molar-refractivity contribution in [1.29, 1.82) is 0 Å². The van der Waals surface area contributed by atoms with E-state index in [0.29, 0.717) is 27.1 Å². The number of ketones is 1. The molecule has 0 aliphatic heterocycles. The molecule has 2 aromatic carbocycles. The standard InChI is InChI=1S/C20H17Cl2N3O/c1-25(2)18(11-19(26)15-9-8-14(21)10-16(15)22)20-23-12-17(24-20)13-6-4-3-5-7-13/h3-12H,1-2H3,(H,23,24). The molecule has 0 bridgehead atoms. The fourth-order valence-electron chi connectivity index (χ4n) is 2.51. The molecule has 3 aromatic rings. The zero-order chi connectivity index (χ0) is 18.7. The Morgan fingerprint density at radius 3 is 2.50 bits per heavy atom. The van der Waals surface area contributed by atoms with Crippen molar-refractivity contribution in [2.45, 2.75) is 0 Å². The smallest absolute Gasteiger partial charge is 0.189 e. The van der Waals surface area contributed by atoms with Gasteiger partial charge in [-0.25, -0.2) is 4.98 Å². The summed E-state index contributed by atoms with van der Waals surface area (Å²) >= 11 is 12.0. The van der Waals surface area contributed by atoms with Crippen LogP contribution in [0.25, 0.3) is 17.0 Å². The summed E-state index contributed by atoms with van der Waals surface area (Å²) in [5.74, 6) is 0.389. The maximum absolute atomic E-state index is 12.7. The summed E-state index contributed by atoms with van der Waals surface area (Å²) in [5, 5.41) is 0.808. The molecule has 1 heterocycles. The van der Waals surface area contributed by atoms with Crippen molar-refractivity contribution in [1.82, 2.24) is 14.9 Å². The van der Waals surface area contributed by atoms with Crippen molar-refractivity contribution in [3.05, 3.63) is 82.2 Å². The molecule has 6 heteroatoms. The number of carbonyl (C=O) groups excluding carboxylic acids is 1. The zero-order valence-electron chi connectivity index (χ0n) is 14.3. The lowest BCUT2D eigenvalue weighted by atomic mass is 10.1. The fourth-order valence-corrected chi connectivity index (χ4v) is 3.01. The fraction of sp³-hybridized carbons (Fsp3) is 0.100. The van der Waals surface area contributed by atoms with Gasteiger partial charge in [0.05, 0.1) is 16.4 Å². The number of benzene rings is 2. The van der Waals surface area contributed by atoms with Gasteiger partial charge in [0.25, 0.3) is 0 Å². The van der Waals surface area contributed by atoms with Crippen molar-refractivity contribution in [3.8, 4) is 11.3 Å². The SMILES string of the molecule is CN(C)C(=CC(=O)c1ccc(Cl)cc1Cl)c1nc(-c2ccccc2)c[nH]1. The Morgan fingerprint density at radius 1 is 1.12 bits per heavy atom. The third-order valence-corrected chi connectivity index (χ3v) is 4.38. The number of aromatic amines is 1. The second-order valence-corrected chi connectivity index (χ2v) is 6.76. The van der Waals surface area contributed by atoms with Gasteiger partial charge in [-0.2, -0.15) is 0 Å². The Kier molecular flexibility index (Phi) is 5.45. The molecule has 0 spiro atoms. The van der Waals surface area contributed by atoms with Crippen molar-refractivity contribution >= 4 is 34.7 Å². The Labute approximate surface area is 162 Å². The van der Waals surface area contributed by atoms with Gasteiger partial charge in [0.1, 0.15) is 0 Å². The van der Waals surface area contributed by atoms with E-state index in [1.165, 1.54) is 6.08 Å². The van der Waals surface area contributed by atoms with Crippen LogP contribution in [0, 0.1) is 0 Å². The Hall–Kier alpha value is -2.56. The second kappa shape index (κ2) is 7.77. The predicted molar refractivity (Wildman–Crippen MR) is 106 cm³/mol. The minimum absolute atomic E-state index is 0.215. The summed E-state index contributed by atoms with van der Waals surface area (Å²) in [7, 11) is 3.71. The highest BCUT2D eigenvalue weighted by atomic mass is 35.5. The number of nitrogens with zero attached hydrogens (tertiary/aromatic N) is 2. The quantitative estimate of drug-likeness (QED) is 0.486. The number of carbonyl (C=O) groups is 1. The molecule has 0 saturated carbocycles. The molecule has 0 atom stereocenters. The summed E-state index contributed by atoms with van der Waals surface area (Å²) in [4.78, 5) is 22.3. The Balaban J connectivity index is 1.96. The van der Waals surface area contributed by atoms with Crippen LogP contribution >= 0.6 is 23.2 Å². The van der Waals surface area contributed by atoms with Crippen LogP contribution in [0.15, 0.2) is 60.8 Å². The first kappa shape index (κ1) is 18.2. The van der Waals surface area contributed by atoms with Crippen LogP contribution in [0.5, 0.6) is 0 Å². The topological polar surface area (TPSA) is 49.0 Å². The normalized spacial score (nSPS) is 11.5. The highest BCUT2D eigenvalue weighted by molar-refractivity contribution is 6.37. The van der Waals surface area contributed by atoms with E-state index in [1.54, 1.807) is 18.2 Å². The number of rotatable bonds is 5. The predicted octanol–water partition coefficient (Wildman–Crippen LogP) is 5.17. The molecule has 0 amide bonds. The summed E-state index contributed by atoms with van der Waals surface area (Å²) < 4.78 is 0. The molecule has 0 fully saturated rings. The van der Waals surface area contributed by atoms with E-state index < -0.39 is 0 Å². The van der Waals surface area contributed by atoms with Gasteiger partial charge in [0.15, 0.2) is 11.6 Å². The van der Waals surface area contributed by atoms with Crippen molar-refractivity contribution < 1.29 is 4.79 Å². The molecule has 0 aliphatic carbocycles. The first-order valence-electron chi connectivity index (χ1n) is 7.95. The minimum atomic E-state index is -0.215. The molecule has 0 aliphatic rings. The molecule has 132 valence electrons. The molecular formula is C20H17Cl2N3O. The van der Waals surface area contributed by atoms with Gasteiger partial charge in [0, 0.05) is 42.5 Å². The van der Waals surface area contributed by atoms with Crippen molar-refractivity contribution in [2.24, 2.45) is 0 Å². The average molecular weight is 386 g/mol. The highest BCUT2D eigenvalue weighted by Crippen LogP contribution is 2.24. The average Bonchev–Trinajstić information content (AvgIpc) is 3.09. The van der Waals surface area contributed by atoms with Gasteiger partial charge in [-0.05, 0) is 18.2 Å². The van der Waals surface area contributed by atoms with E-state index in [2.05, 4.69) is 9.97 Å². The Morgan fingerprint density at radius 2 is 1.85 bits per heavy atom. The van der Waals surface area contributed by atoms with E-state index in [9.17, 15) is 4.79 Å². The van der Waals surface area contributed by atoms with Crippen molar-refractivity contribution in [2.75, 3.05) is 14.1 Å². The van der Waals surface area contributed by atoms with Crippen LogP contribution in [0.3, 0.4) is 0 Å². The summed E-state index contributed by atoms with van der Waals surface area (Å²) in [6.07, 6.45) is 3.34. The van der Waals surface area contributed by atoms with E-state index >= 15 is 0 Å². The number of hydrogen-bond donors (Lipinski definition) is 1.